The molecule has 2 nitrogen and oxygen atoms in total. The van der Waals surface area contributed by atoms with E-state index in [0.29, 0.717) is 0 Å². The van der Waals surface area contributed by atoms with Gasteiger partial charge in [0, 0.05) is 18.8 Å². The molecule has 0 spiro atoms. The molecule has 0 aromatic rings. The number of hydrogen-bond donors (Lipinski definition) is 1. The Bertz CT molecular complexity index is 175. The van der Waals surface area contributed by atoms with Gasteiger partial charge in [-0.1, -0.05) is 18.2 Å². The highest BCUT2D eigenvalue weighted by molar-refractivity contribution is 8.13. The van der Waals surface area contributed by atoms with Gasteiger partial charge in [0.2, 0.25) is 0 Å². The number of hydrogen-bond acceptors (Lipinski definition) is 3. The van der Waals surface area contributed by atoms with Gasteiger partial charge in [-0.15, -0.1) is 0 Å². The van der Waals surface area contributed by atoms with Crippen LogP contribution in [0.15, 0.2) is 4.99 Å². The molecule has 0 atom stereocenters. The fourth-order valence-electron chi connectivity index (χ4n) is 1.50. The molecule has 3 heteroatoms. The van der Waals surface area contributed by atoms with Crippen molar-refractivity contribution in [2.45, 2.75) is 25.7 Å². The molecule has 0 radical (unpaired) electrons. The van der Waals surface area contributed by atoms with E-state index in [2.05, 4.69) is 10.3 Å². The van der Waals surface area contributed by atoms with Crippen LogP contribution in [-0.4, -0.2) is 24.0 Å². The van der Waals surface area contributed by atoms with Gasteiger partial charge in [0.15, 0.2) is 5.17 Å². The lowest BCUT2D eigenvalue weighted by Crippen LogP contribution is -2.31. The van der Waals surface area contributed by atoms with Gasteiger partial charge in [-0.25, -0.2) is 0 Å². The molecule has 1 heterocycles. The molecule has 1 aliphatic heterocycles. The number of amidine groups is 1. The van der Waals surface area contributed by atoms with Crippen LogP contribution in [0.1, 0.15) is 25.7 Å². The maximum atomic E-state index is 4.43. The van der Waals surface area contributed by atoms with Gasteiger partial charge in [0.25, 0.3) is 0 Å². The van der Waals surface area contributed by atoms with Gasteiger partial charge < -0.3 is 5.32 Å². The summed E-state index contributed by atoms with van der Waals surface area (Å²) >= 11 is 1.88. The smallest absolute Gasteiger partial charge is 0.156 e. The molecule has 1 N–H and O–H groups in total. The molecular weight excluding hydrogens is 168 g/mol. The average Bonchev–Trinajstić information content (AvgIpc) is 2.04. The van der Waals surface area contributed by atoms with E-state index in [1.165, 1.54) is 36.6 Å². The molecule has 2 rings (SSSR count). The molecule has 0 unspecified atom stereocenters. The predicted molar refractivity (Wildman–Crippen MR) is 54.7 cm³/mol. The number of thioether (sulfide) groups is 1. The molecule has 0 bridgehead atoms. The summed E-state index contributed by atoms with van der Waals surface area (Å²) in [5.41, 5.74) is 0. The first-order chi connectivity index (χ1) is 5.95. The summed E-state index contributed by atoms with van der Waals surface area (Å²) in [6.07, 6.45) is 5.53. The molecule has 0 saturated heterocycles. The normalized spacial score (nSPS) is 24.5. The van der Waals surface area contributed by atoms with Crippen LogP contribution in [0.5, 0.6) is 0 Å². The second-order valence-corrected chi connectivity index (χ2v) is 4.65. The zero-order valence-electron chi connectivity index (χ0n) is 7.38. The quantitative estimate of drug-likeness (QED) is 0.708. The first-order valence-corrected chi connectivity index (χ1v) is 5.85. The van der Waals surface area contributed by atoms with Gasteiger partial charge in [-0.3, -0.25) is 4.99 Å². The van der Waals surface area contributed by atoms with Crippen LogP contribution in [0.25, 0.3) is 0 Å². The second-order valence-electron chi connectivity index (χ2n) is 3.57. The molecule has 0 aromatic carbocycles. The third kappa shape index (κ3) is 2.16. The van der Waals surface area contributed by atoms with Crippen molar-refractivity contribution in [2.24, 2.45) is 10.9 Å². The van der Waals surface area contributed by atoms with Crippen molar-refractivity contribution in [3.05, 3.63) is 0 Å². The Morgan fingerprint density at radius 2 is 2.33 bits per heavy atom. The van der Waals surface area contributed by atoms with Gasteiger partial charge >= 0.3 is 0 Å². The third-order valence-electron chi connectivity index (χ3n) is 2.56. The first-order valence-electron chi connectivity index (χ1n) is 4.86. The molecule has 0 aromatic heterocycles. The van der Waals surface area contributed by atoms with E-state index in [4.69, 9.17) is 0 Å². The van der Waals surface area contributed by atoms with E-state index >= 15 is 0 Å². The van der Waals surface area contributed by atoms with Gasteiger partial charge in [-0.2, -0.15) is 0 Å². The van der Waals surface area contributed by atoms with Crippen LogP contribution < -0.4 is 5.32 Å². The molecule has 0 amide bonds. The van der Waals surface area contributed by atoms with E-state index in [9.17, 15) is 0 Å². The highest BCUT2D eigenvalue weighted by Crippen LogP contribution is 2.25. The molecule has 1 aliphatic carbocycles. The Morgan fingerprint density at radius 3 is 2.92 bits per heavy atom. The van der Waals surface area contributed by atoms with Crippen LogP contribution >= 0.6 is 11.8 Å². The van der Waals surface area contributed by atoms with Crippen molar-refractivity contribution in [1.29, 1.82) is 0 Å². The van der Waals surface area contributed by atoms with Crippen LogP contribution in [-0.2, 0) is 0 Å². The number of nitrogens with one attached hydrogen (secondary N) is 1. The summed E-state index contributed by atoms with van der Waals surface area (Å²) in [5.74, 6) is 2.19. The summed E-state index contributed by atoms with van der Waals surface area (Å²) in [5, 5.41) is 4.62. The third-order valence-corrected chi connectivity index (χ3v) is 3.60. The highest BCUT2D eigenvalue weighted by Gasteiger charge is 2.17. The lowest BCUT2D eigenvalue weighted by Gasteiger charge is -2.26. The SMILES string of the molecule is C1CN=C(NCC2CCC2)SC1. The lowest BCUT2D eigenvalue weighted by molar-refractivity contribution is 0.316. The number of rotatable bonds is 2. The highest BCUT2D eigenvalue weighted by atomic mass is 32.2. The average molecular weight is 184 g/mol. The van der Waals surface area contributed by atoms with Crippen molar-refractivity contribution in [1.82, 2.24) is 5.32 Å². The molecule has 68 valence electrons. The summed E-state index contributed by atoms with van der Waals surface area (Å²) < 4.78 is 0. The Kier molecular flexibility index (Phi) is 2.93. The Balaban J connectivity index is 1.67. The van der Waals surface area contributed by atoms with Gasteiger partial charge in [0.05, 0.1) is 0 Å². The zero-order valence-corrected chi connectivity index (χ0v) is 8.20. The van der Waals surface area contributed by atoms with E-state index in [1.807, 2.05) is 11.8 Å². The molecule has 1 saturated carbocycles. The fraction of sp³-hybridized carbons (Fsp3) is 0.889. The molecular formula is C9H16N2S. The lowest BCUT2D eigenvalue weighted by atomic mass is 9.86. The Morgan fingerprint density at radius 1 is 1.42 bits per heavy atom. The van der Waals surface area contributed by atoms with E-state index in [1.54, 1.807) is 0 Å². The largest absolute Gasteiger partial charge is 0.365 e. The van der Waals surface area contributed by atoms with Crippen LogP contribution in [0.2, 0.25) is 0 Å². The predicted octanol–water partition coefficient (Wildman–Crippen LogP) is 1.87. The summed E-state index contributed by atoms with van der Waals surface area (Å²) in [6, 6.07) is 0. The monoisotopic (exact) mass is 184 g/mol. The van der Waals surface area contributed by atoms with E-state index < -0.39 is 0 Å². The van der Waals surface area contributed by atoms with Crippen LogP contribution in [0, 0.1) is 5.92 Å². The summed E-state index contributed by atoms with van der Waals surface area (Å²) in [7, 11) is 0. The van der Waals surface area contributed by atoms with Crippen molar-refractivity contribution < 1.29 is 0 Å². The fourth-order valence-corrected chi connectivity index (χ4v) is 2.33. The Hall–Kier alpha value is -0.180. The summed E-state index contributed by atoms with van der Waals surface area (Å²) in [4.78, 5) is 4.43. The van der Waals surface area contributed by atoms with Crippen molar-refractivity contribution in [3.63, 3.8) is 0 Å². The van der Waals surface area contributed by atoms with E-state index in [-0.39, 0.29) is 0 Å². The van der Waals surface area contributed by atoms with Crippen molar-refractivity contribution in [3.8, 4) is 0 Å². The second kappa shape index (κ2) is 4.17. The standard InChI is InChI=1S/C9H16N2S/c1-3-8(4-1)7-11-9-10-5-2-6-12-9/h8H,1-7H2,(H,10,11). The number of aliphatic imine (C=N–C) groups is 1. The Labute approximate surface area is 78.2 Å². The molecule has 1 fully saturated rings. The minimum Gasteiger partial charge on any atom is -0.365 e. The van der Waals surface area contributed by atoms with Crippen LogP contribution in [0.4, 0.5) is 0 Å². The van der Waals surface area contributed by atoms with Crippen molar-refractivity contribution in [2.75, 3.05) is 18.8 Å². The summed E-state index contributed by atoms with van der Waals surface area (Å²) in [6.45, 7) is 2.19. The van der Waals surface area contributed by atoms with Crippen LogP contribution in [0.3, 0.4) is 0 Å². The van der Waals surface area contributed by atoms with E-state index in [0.717, 1.165) is 19.0 Å². The van der Waals surface area contributed by atoms with Gasteiger partial charge in [0.1, 0.15) is 0 Å². The van der Waals surface area contributed by atoms with Crippen molar-refractivity contribution >= 4 is 16.9 Å². The molecule has 2 aliphatic rings. The first kappa shape index (κ1) is 8.42. The molecule has 12 heavy (non-hydrogen) atoms. The van der Waals surface area contributed by atoms with Gasteiger partial charge in [-0.05, 0) is 25.2 Å². The zero-order chi connectivity index (χ0) is 8.23. The maximum Gasteiger partial charge on any atom is 0.156 e. The topological polar surface area (TPSA) is 24.4 Å². The minimum absolute atomic E-state index is 0.940. The maximum absolute atomic E-state index is 4.43. The minimum atomic E-state index is 0.940. The number of nitrogens with zero attached hydrogens (tertiary/aromatic N) is 1.